The summed E-state index contributed by atoms with van der Waals surface area (Å²) in [6.45, 7) is 5.98. The number of ether oxygens (including phenoxy) is 4. The van der Waals surface area contributed by atoms with E-state index in [2.05, 4.69) is 15.3 Å². The molecule has 0 atom stereocenters. The highest BCUT2D eigenvalue weighted by Gasteiger charge is 2.27. The second-order valence-electron chi connectivity index (χ2n) is 6.70. The van der Waals surface area contributed by atoms with Crippen LogP contribution in [0.3, 0.4) is 0 Å². The number of aliphatic hydroxyl groups excluding tert-OH is 1. The number of carbonyl (C=O) groups is 2. The van der Waals surface area contributed by atoms with E-state index < -0.39 is 18.4 Å². The van der Waals surface area contributed by atoms with Crippen LogP contribution in [0.1, 0.15) is 25.2 Å². The Bertz CT molecular complexity index is 1110. The minimum Gasteiger partial charge on any atom is -0.432 e. The van der Waals surface area contributed by atoms with Crippen molar-refractivity contribution in [2.75, 3.05) is 13.2 Å². The lowest BCUT2D eigenvalue weighted by atomic mass is 10.0. The van der Waals surface area contributed by atoms with Crippen molar-refractivity contribution in [1.29, 1.82) is 0 Å². The lowest BCUT2D eigenvalue weighted by Gasteiger charge is -2.18. The van der Waals surface area contributed by atoms with Crippen LogP contribution in [0.25, 0.3) is 22.2 Å². The van der Waals surface area contributed by atoms with Crippen molar-refractivity contribution >= 4 is 23.3 Å². The highest BCUT2D eigenvalue weighted by Crippen LogP contribution is 2.44. The fourth-order valence-electron chi connectivity index (χ4n) is 2.86. The molecular weight excluding hydrogens is 410 g/mol. The SMILES string of the molecule is Cc1nc(C)c(OC(=O)OC(C)C)c(-c2cccc3nonc23)c1OC(=O)OCCO. The van der Waals surface area contributed by atoms with E-state index in [4.69, 9.17) is 28.7 Å². The number of aromatic nitrogens is 3. The van der Waals surface area contributed by atoms with E-state index in [1.807, 2.05) is 0 Å². The lowest BCUT2D eigenvalue weighted by molar-refractivity contribution is 0.0725. The molecule has 0 aliphatic rings. The molecule has 0 saturated carbocycles. The third-order valence-corrected chi connectivity index (χ3v) is 4.02. The van der Waals surface area contributed by atoms with Crippen LogP contribution in [0.2, 0.25) is 0 Å². The van der Waals surface area contributed by atoms with Gasteiger partial charge in [0.25, 0.3) is 0 Å². The van der Waals surface area contributed by atoms with E-state index in [9.17, 15) is 9.59 Å². The summed E-state index contributed by atoms with van der Waals surface area (Å²) in [4.78, 5) is 28.7. The fourth-order valence-corrected chi connectivity index (χ4v) is 2.86. The average molecular weight is 431 g/mol. The molecule has 3 rings (SSSR count). The van der Waals surface area contributed by atoms with Gasteiger partial charge in [-0.3, -0.25) is 4.98 Å². The van der Waals surface area contributed by atoms with Crippen molar-refractivity contribution in [3.05, 3.63) is 29.6 Å². The van der Waals surface area contributed by atoms with Crippen molar-refractivity contribution in [3.63, 3.8) is 0 Å². The summed E-state index contributed by atoms with van der Waals surface area (Å²) in [5, 5.41) is 16.6. The van der Waals surface area contributed by atoms with Crippen LogP contribution in [0.15, 0.2) is 22.8 Å². The van der Waals surface area contributed by atoms with Crippen LogP contribution in [0.5, 0.6) is 11.5 Å². The smallest absolute Gasteiger partial charge is 0.432 e. The number of fused-ring (bicyclic) bond motifs is 1. The Labute approximate surface area is 176 Å². The number of rotatable bonds is 6. The number of aliphatic hydroxyl groups is 1. The first-order valence-electron chi connectivity index (χ1n) is 9.38. The van der Waals surface area contributed by atoms with Crippen LogP contribution in [-0.4, -0.2) is 52.0 Å². The van der Waals surface area contributed by atoms with Crippen LogP contribution < -0.4 is 9.47 Å². The Kier molecular flexibility index (Phi) is 6.65. The number of pyridine rings is 1. The van der Waals surface area contributed by atoms with Crippen molar-refractivity contribution < 1.29 is 38.3 Å². The Morgan fingerprint density at radius 3 is 2.39 bits per heavy atom. The number of hydrogen-bond donors (Lipinski definition) is 1. The van der Waals surface area contributed by atoms with Crippen molar-refractivity contribution in [2.45, 2.75) is 33.8 Å². The number of hydrogen-bond acceptors (Lipinski definition) is 11. The minimum absolute atomic E-state index is 0.0108. The lowest BCUT2D eigenvalue weighted by Crippen LogP contribution is -2.18. The van der Waals surface area contributed by atoms with E-state index in [1.54, 1.807) is 45.9 Å². The molecule has 0 spiro atoms. The number of benzene rings is 1. The first-order valence-corrected chi connectivity index (χ1v) is 9.38. The molecule has 2 heterocycles. The van der Waals surface area contributed by atoms with Gasteiger partial charge in [0.1, 0.15) is 17.6 Å². The fraction of sp³-hybridized carbons (Fsp3) is 0.350. The van der Waals surface area contributed by atoms with Crippen LogP contribution in [-0.2, 0) is 9.47 Å². The summed E-state index contributed by atoms with van der Waals surface area (Å²) in [7, 11) is 0. The molecule has 0 amide bonds. The maximum absolute atomic E-state index is 12.3. The molecule has 0 fully saturated rings. The predicted molar refractivity (Wildman–Crippen MR) is 106 cm³/mol. The summed E-state index contributed by atoms with van der Waals surface area (Å²) in [5.74, 6) is -0.00639. The minimum atomic E-state index is -1.06. The second-order valence-corrected chi connectivity index (χ2v) is 6.70. The molecule has 0 bridgehead atoms. The molecule has 164 valence electrons. The van der Waals surface area contributed by atoms with E-state index in [0.717, 1.165) is 0 Å². The summed E-state index contributed by atoms with van der Waals surface area (Å²) < 4.78 is 25.5. The van der Waals surface area contributed by atoms with Crippen LogP contribution >= 0.6 is 0 Å². The van der Waals surface area contributed by atoms with Crippen molar-refractivity contribution in [2.24, 2.45) is 0 Å². The molecule has 1 N–H and O–H groups in total. The zero-order valence-electron chi connectivity index (χ0n) is 17.4. The Hall–Kier alpha value is -3.73. The molecule has 1 aromatic carbocycles. The van der Waals surface area contributed by atoms with Gasteiger partial charge >= 0.3 is 12.3 Å². The zero-order chi connectivity index (χ0) is 22.5. The topological polar surface area (TPSA) is 143 Å². The molecule has 3 aromatic rings. The molecule has 11 nitrogen and oxygen atoms in total. The second kappa shape index (κ2) is 9.39. The summed E-state index contributed by atoms with van der Waals surface area (Å²) in [6.07, 6.45) is -2.43. The monoisotopic (exact) mass is 431 g/mol. The highest BCUT2D eigenvalue weighted by molar-refractivity contribution is 5.96. The van der Waals surface area contributed by atoms with Gasteiger partial charge in [-0.15, -0.1) is 0 Å². The maximum atomic E-state index is 12.3. The molecule has 0 aliphatic heterocycles. The third kappa shape index (κ3) is 4.89. The number of carbonyl (C=O) groups excluding carboxylic acids is 2. The quantitative estimate of drug-likeness (QED) is 0.574. The first-order chi connectivity index (χ1) is 14.8. The van der Waals surface area contributed by atoms with E-state index >= 15 is 0 Å². The van der Waals surface area contributed by atoms with Crippen molar-refractivity contribution in [1.82, 2.24) is 15.3 Å². The van der Waals surface area contributed by atoms with Crippen molar-refractivity contribution in [3.8, 4) is 22.6 Å². The van der Waals surface area contributed by atoms with Gasteiger partial charge in [-0.05, 0) is 44.1 Å². The molecule has 31 heavy (non-hydrogen) atoms. The van der Waals surface area contributed by atoms with Gasteiger partial charge in [0.15, 0.2) is 11.5 Å². The van der Waals surface area contributed by atoms with Gasteiger partial charge < -0.3 is 24.1 Å². The van der Waals surface area contributed by atoms with Crippen LogP contribution in [0, 0.1) is 13.8 Å². The normalized spacial score (nSPS) is 10.9. The summed E-state index contributed by atoms with van der Waals surface area (Å²) >= 11 is 0. The zero-order valence-corrected chi connectivity index (χ0v) is 17.4. The van der Waals surface area contributed by atoms with Gasteiger partial charge in [-0.2, -0.15) is 0 Å². The van der Waals surface area contributed by atoms with E-state index in [1.165, 1.54) is 0 Å². The molecule has 0 saturated heterocycles. The summed E-state index contributed by atoms with van der Waals surface area (Å²) in [6, 6.07) is 5.05. The molecule has 11 heteroatoms. The predicted octanol–water partition coefficient (Wildman–Crippen LogP) is 3.33. The number of nitrogens with zero attached hydrogens (tertiary/aromatic N) is 3. The summed E-state index contributed by atoms with van der Waals surface area (Å²) in [5.41, 5.74) is 2.10. The van der Waals surface area contributed by atoms with Gasteiger partial charge in [-0.1, -0.05) is 12.1 Å². The maximum Gasteiger partial charge on any atom is 0.514 e. The molecule has 0 unspecified atom stereocenters. The first kappa shape index (κ1) is 22.0. The largest absolute Gasteiger partial charge is 0.514 e. The Balaban J connectivity index is 2.20. The van der Waals surface area contributed by atoms with Gasteiger partial charge in [0.2, 0.25) is 0 Å². The third-order valence-electron chi connectivity index (χ3n) is 4.02. The highest BCUT2D eigenvalue weighted by atomic mass is 16.7. The van der Waals surface area contributed by atoms with E-state index in [-0.39, 0.29) is 30.3 Å². The Morgan fingerprint density at radius 2 is 1.74 bits per heavy atom. The molecule has 0 aliphatic carbocycles. The van der Waals surface area contributed by atoms with Gasteiger partial charge in [0.05, 0.1) is 29.7 Å². The molecule has 2 aromatic heterocycles. The van der Waals surface area contributed by atoms with Gasteiger partial charge in [-0.25, -0.2) is 14.2 Å². The number of aryl methyl sites for hydroxylation is 2. The Morgan fingerprint density at radius 1 is 1.06 bits per heavy atom. The molecule has 0 radical (unpaired) electrons. The standard InChI is InChI=1S/C20H21N3O8/c1-10(2)28-20(26)30-18-12(4)21-11(3)17(29-19(25)27-9-8-24)15(18)13-6-5-7-14-16(13)23-31-22-14/h5-7,10,24H,8-9H2,1-4H3. The van der Waals surface area contributed by atoms with Crippen LogP contribution in [0.4, 0.5) is 9.59 Å². The van der Waals surface area contributed by atoms with E-state index in [0.29, 0.717) is 28.0 Å². The molecular formula is C20H21N3O8. The average Bonchev–Trinajstić information content (AvgIpc) is 3.18. The van der Waals surface area contributed by atoms with Gasteiger partial charge in [0, 0.05) is 5.56 Å².